The standard InChI is InChI=1S/C17H19N5O.ClH/c1-22(2)10-9-19-17(23)13-6-3-7-14-15(13)21-16(20-14)12-5-4-8-18-11-12;/h3-8,11H,9-10H2,1-2H3,(H,19,23)(H,20,21);1H. The Morgan fingerprint density at radius 2 is 2.08 bits per heavy atom. The number of halogens is 1. The van der Waals surface area contributed by atoms with E-state index >= 15 is 0 Å². The molecule has 0 radical (unpaired) electrons. The summed E-state index contributed by atoms with van der Waals surface area (Å²) < 4.78 is 0. The molecule has 3 rings (SSSR count). The van der Waals surface area contributed by atoms with Crippen molar-refractivity contribution in [1.82, 2.24) is 25.2 Å². The Balaban J connectivity index is 0.00000208. The number of carbonyl (C=O) groups excluding carboxylic acids is 1. The van der Waals surface area contributed by atoms with Gasteiger partial charge in [-0.2, -0.15) is 0 Å². The molecule has 7 heteroatoms. The lowest BCUT2D eigenvalue weighted by atomic mass is 10.1. The summed E-state index contributed by atoms with van der Waals surface area (Å²) in [5.41, 5.74) is 2.98. The third kappa shape index (κ3) is 3.90. The maximum atomic E-state index is 12.4. The van der Waals surface area contributed by atoms with Crippen LogP contribution in [-0.4, -0.2) is 52.9 Å². The zero-order valence-electron chi connectivity index (χ0n) is 13.6. The number of pyridine rings is 1. The third-order valence-electron chi connectivity index (χ3n) is 3.54. The monoisotopic (exact) mass is 345 g/mol. The number of likely N-dealkylation sites (N-methyl/N-ethyl adjacent to an activating group) is 1. The lowest BCUT2D eigenvalue weighted by Crippen LogP contribution is -2.31. The third-order valence-corrected chi connectivity index (χ3v) is 3.54. The normalized spacial score (nSPS) is 10.6. The maximum Gasteiger partial charge on any atom is 0.253 e. The Hall–Kier alpha value is -2.44. The Labute approximate surface area is 146 Å². The molecule has 0 saturated carbocycles. The van der Waals surface area contributed by atoms with E-state index in [0.717, 1.165) is 17.6 Å². The zero-order valence-corrected chi connectivity index (χ0v) is 14.4. The van der Waals surface area contributed by atoms with Gasteiger partial charge in [0.1, 0.15) is 11.3 Å². The first kappa shape index (κ1) is 17.9. The highest BCUT2D eigenvalue weighted by molar-refractivity contribution is 6.05. The highest BCUT2D eigenvalue weighted by Crippen LogP contribution is 2.22. The van der Waals surface area contributed by atoms with Gasteiger partial charge < -0.3 is 15.2 Å². The number of hydrogen-bond donors (Lipinski definition) is 2. The van der Waals surface area contributed by atoms with Crippen molar-refractivity contribution in [1.29, 1.82) is 0 Å². The molecule has 3 aromatic rings. The minimum Gasteiger partial charge on any atom is -0.351 e. The van der Waals surface area contributed by atoms with Crippen LogP contribution in [0.1, 0.15) is 10.4 Å². The number of imidazole rings is 1. The minimum absolute atomic E-state index is 0. The van der Waals surface area contributed by atoms with Crippen LogP contribution in [0.5, 0.6) is 0 Å². The van der Waals surface area contributed by atoms with Crippen LogP contribution in [0, 0.1) is 0 Å². The molecule has 0 aliphatic carbocycles. The summed E-state index contributed by atoms with van der Waals surface area (Å²) >= 11 is 0. The van der Waals surface area contributed by atoms with E-state index in [4.69, 9.17) is 0 Å². The number of H-pyrrole nitrogens is 1. The summed E-state index contributed by atoms with van der Waals surface area (Å²) in [6, 6.07) is 9.35. The van der Waals surface area contributed by atoms with E-state index in [1.807, 2.05) is 43.3 Å². The van der Waals surface area contributed by atoms with Crippen molar-refractivity contribution >= 4 is 29.3 Å². The predicted octanol–water partition coefficient (Wildman–Crippen LogP) is 2.34. The van der Waals surface area contributed by atoms with E-state index in [0.29, 0.717) is 23.4 Å². The Kier molecular flexibility index (Phi) is 5.89. The fourth-order valence-corrected chi connectivity index (χ4v) is 2.34. The number of fused-ring (bicyclic) bond motifs is 1. The molecule has 0 bridgehead atoms. The molecule has 1 aromatic carbocycles. The molecule has 0 unspecified atom stereocenters. The number of amides is 1. The van der Waals surface area contributed by atoms with Crippen LogP contribution in [-0.2, 0) is 0 Å². The number of aromatic amines is 1. The SMILES string of the molecule is CN(C)CCNC(=O)c1cccc2[nH]c(-c3cccnc3)nc12.Cl. The van der Waals surface area contributed by atoms with Gasteiger partial charge in [-0.1, -0.05) is 6.07 Å². The highest BCUT2D eigenvalue weighted by atomic mass is 35.5. The number of rotatable bonds is 5. The van der Waals surface area contributed by atoms with Crippen molar-refractivity contribution in [3.05, 3.63) is 48.3 Å². The molecule has 24 heavy (non-hydrogen) atoms. The van der Waals surface area contributed by atoms with Gasteiger partial charge in [-0.25, -0.2) is 4.98 Å². The number of aromatic nitrogens is 3. The van der Waals surface area contributed by atoms with E-state index in [2.05, 4.69) is 20.3 Å². The first-order valence-corrected chi connectivity index (χ1v) is 7.47. The van der Waals surface area contributed by atoms with E-state index < -0.39 is 0 Å². The second-order valence-electron chi connectivity index (χ2n) is 5.59. The Bertz CT molecular complexity index is 816. The summed E-state index contributed by atoms with van der Waals surface area (Å²) in [7, 11) is 3.95. The highest BCUT2D eigenvalue weighted by Gasteiger charge is 2.14. The molecule has 2 N–H and O–H groups in total. The summed E-state index contributed by atoms with van der Waals surface area (Å²) in [4.78, 5) is 26.3. The fourth-order valence-electron chi connectivity index (χ4n) is 2.34. The molecule has 0 saturated heterocycles. The van der Waals surface area contributed by atoms with Gasteiger partial charge in [0.05, 0.1) is 11.1 Å². The van der Waals surface area contributed by atoms with Gasteiger partial charge in [0.25, 0.3) is 5.91 Å². The van der Waals surface area contributed by atoms with E-state index in [9.17, 15) is 4.79 Å². The second kappa shape index (κ2) is 7.90. The van der Waals surface area contributed by atoms with Crippen molar-refractivity contribution in [2.75, 3.05) is 27.2 Å². The molecule has 2 heterocycles. The topological polar surface area (TPSA) is 73.9 Å². The lowest BCUT2D eigenvalue weighted by molar-refractivity contribution is 0.0952. The molecule has 0 aliphatic rings. The molecule has 0 aliphatic heterocycles. The molecule has 1 amide bonds. The van der Waals surface area contributed by atoms with Gasteiger partial charge in [-0.15, -0.1) is 12.4 Å². The first-order chi connectivity index (χ1) is 11.1. The first-order valence-electron chi connectivity index (χ1n) is 7.47. The van der Waals surface area contributed by atoms with Gasteiger partial charge in [0.2, 0.25) is 0 Å². The quantitative estimate of drug-likeness (QED) is 0.744. The number of carbonyl (C=O) groups is 1. The van der Waals surface area contributed by atoms with Gasteiger partial charge in [0.15, 0.2) is 0 Å². The zero-order chi connectivity index (χ0) is 16.2. The smallest absolute Gasteiger partial charge is 0.253 e. The van der Waals surface area contributed by atoms with Crippen molar-refractivity contribution in [2.24, 2.45) is 0 Å². The average Bonchev–Trinajstić information content (AvgIpc) is 2.99. The van der Waals surface area contributed by atoms with Gasteiger partial charge >= 0.3 is 0 Å². The number of benzene rings is 1. The van der Waals surface area contributed by atoms with Gasteiger partial charge in [0, 0.05) is 31.0 Å². The predicted molar refractivity (Wildman–Crippen MR) is 97.5 cm³/mol. The van der Waals surface area contributed by atoms with Crippen molar-refractivity contribution in [2.45, 2.75) is 0 Å². The van der Waals surface area contributed by atoms with Crippen LogP contribution in [0.25, 0.3) is 22.4 Å². The molecule has 126 valence electrons. The largest absolute Gasteiger partial charge is 0.351 e. The summed E-state index contributed by atoms with van der Waals surface area (Å²) in [5, 5.41) is 2.92. The van der Waals surface area contributed by atoms with Crippen LogP contribution in [0.2, 0.25) is 0 Å². The fraction of sp³-hybridized carbons (Fsp3) is 0.235. The van der Waals surface area contributed by atoms with Crippen LogP contribution >= 0.6 is 12.4 Å². The van der Waals surface area contributed by atoms with Crippen LogP contribution < -0.4 is 5.32 Å². The van der Waals surface area contributed by atoms with E-state index in [1.54, 1.807) is 18.5 Å². The summed E-state index contributed by atoms with van der Waals surface area (Å²) in [6.45, 7) is 1.39. The molecule has 6 nitrogen and oxygen atoms in total. The second-order valence-corrected chi connectivity index (χ2v) is 5.59. The van der Waals surface area contributed by atoms with Crippen LogP contribution in [0.3, 0.4) is 0 Å². The van der Waals surface area contributed by atoms with Crippen LogP contribution in [0.15, 0.2) is 42.7 Å². The maximum absolute atomic E-state index is 12.4. The van der Waals surface area contributed by atoms with Crippen LogP contribution in [0.4, 0.5) is 0 Å². The molecule has 0 fully saturated rings. The lowest BCUT2D eigenvalue weighted by Gasteiger charge is -2.10. The van der Waals surface area contributed by atoms with Gasteiger partial charge in [-0.05, 0) is 38.4 Å². The summed E-state index contributed by atoms with van der Waals surface area (Å²) in [6.07, 6.45) is 3.46. The van der Waals surface area contributed by atoms with E-state index in [-0.39, 0.29) is 18.3 Å². The van der Waals surface area contributed by atoms with Crippen molar-refractivity contribution in [3.8, 4) is 11.4 Å². The van der Waals surface area contributed by atoms with Crippen molar-refractivity contribution < 1.29 is 4.79 Å². The summed E-state index contributed by atoms with van der Waals surface area (Å²) in [5.74, 6) is 0.600. The Morgan fingerprint density at radius 1 is 1.25 bits per heavy atom. The number of nitrogens with zero attached hydrogens (tertiary/aromatic N) is 3. The molecular weight excluding hydrogens is 326 g/mol. The molecule has 0 atom stereocenters. The number of hydrogen-bond acceptors (Lipinski definition) is 4. The number of para-hydroxylation sites is 1. The Morgan fingerprint density at radius 3 is 2.79 bits per heavy atom. The minimum atomic E-state index is -0.110. The number of nitrogens with one attached hydrogen (secondary N) is 2. The molecule has 0 spiro atoms. The molecule has 2 aromatic heterocycles. The van der Waals surface area contributed by atoms with Crippen molar-refractivity contribution in [3.63, 3.8) is 0 Å². The van der Waals surface area contributed by atoms with Gasteiger partial charge in [-0.3, -0.25) is 9.78 Å². The molecular formula is C17H20ClN5O. The average molecular weight is 346 g/mol. The van der Waals surface area contributed by atoms with E-state index in [1.165, 1.54) is 0 Å².